The number of carbonyl (C=O) groups is 2. The topological polar surface area (TPSA) is 79.3 Å². The molecular formula is C14H13ClN2O3S. The van der Waals surface area contributed by atoms with E-state index >= 15 is 0 Å². The summed E-state index contributed by atoms with van der Waals surface area (Å²) in [6.45, 7) is 1.83. The lowest BCUT2D eigenvalue weighted by Crippen LogP contribution is -2.14. The molecule has 1 amide bonds. The summed E-state index contributed by atoms with van der Waals surface area (Å²) < 4.78 is 0. The van der Waals surface area contributed by atoms with Gasteiger partial charge in [-0.3, -0.25) is 4.79 Å². The van der Waals surface area contributed by atoms with Crippen LogP contribution in [0.3, 0.4) is 0 Å². The number of aryl methyl sites for hydroxylation is 1. The molecule has 0 saturated carbocycles. The second-order valence-electron chi connectivity index (χ2n) is 4.28. The molecule has 0 spiro atoms. The first-order valence-electron chi connectivity index (χ1n) is 6.27. The van der Waals surface area contributed by atoms with Crippen molar-refractivity contribution in [2.45, 2.75) is 19.8 Å². The molecule has 1 heterocycles. The molecular weight excluding hydrogens is 312 g/mol. The zero-order valence-corrected chi connectivity index (χ0v) is 12.8. The van der Waals surface area contributed by atoms with Gasteiger partial charge in [0, 0.05) is 10.7 Å². The van der Waals surface area contributed by atoms with Crippen molar-refractivity contribution in [2.75, 3.05) is 5.32 Å². The number of carboxylic acid groups (broad SMARTS) is 1. The number of halogens is 1. The molecule has 0 fully saturated rings. The first-order chi connectivity index (χ1) is 9.99. The van der Waals surface area contributed by atoms with E-state index in [2.05, 4.69) is 10.3 Å². The summed E-state index contributed by atoms with van der Waals surface area (Å²) in [7, 11) is 0. The van der Waals surface area contributed by atoms with Gasteiger partial charge in [-0.05, 0) is 24.6 Å². The number of aromatic carboxylic acids is 1. The Bertz CT molecular complexity index is 685. The Balaban J connectivity index is 2.07. The number of carboxylic acids is 1. The molecule has 2 aromatic rings. The van der Waals surface area contributed by atoms with E-state index in [0.717, 1.165) is 11.3 Å². The van der Waals surface area contributed by atoms with Gasteiger partial charge in [-0.1, -0.05) is 24.6 Å². The summed E-state index contributed by atoms with van der Waals surface area (Å²) >= 11 is 6.88. The maximum Gasteiger partial charge on any atom is 0.347 e. The lowest BCUT2D eigenvalue weighted by atomic mass is 10.3. The number of nitrogens with zero attached hydrogens (tertiary/aromatic N) is 1. The van der Waals surface area contributed by atoms with Crippen LogP contribution in [0.2, 0.25) is 5.02 Å². The van der Waals surface area contributed by atoms with E-state index in [-0.39, 0.29) is 17.2 Å². The number of carbonyl (C=O) groups excluding carboxylic acids is 1. The van der Waals surface area contributed by atoms with Crippen molar-refractivity contribution in [3.05, 3.63) is 44.9 Å². The Morgan fingerprint density at radius 1 is 1.43 bits per heavy atom. The van der Waals surface area contributed by atoms with Crippen LogP contribution in [0.5, 0.6) is 0 Å². The minimum absolute atomic E-state index is 0.0391. The highest BCUT2D eigenvalue weighted by Gasteiger charge is 2.17. The smallest absolute Gasteiger partial charge is 0.347 e. The molecule has 1 aromatic heterocycles. The van der Waals surface area contributed by atoms with Crippen molar-refractivity contribution < 1.29 is 14.7 Å². The van der Waals surface area contributed by atoms with E-state index in [4.69, 9.17) is 16.7 Å². The number of rotatable bonds is 5. The Morgan fingerprint density at radius 2 is 2.19 bits per heavy atom. The first kappa shape index (κ1) is 15.5. The van der Waals surface area contributed by atoms with Crippen LogP contribution >= 0.6 is 22.9 Å². The largest absolute Gasteiger partial charge is 0.477 e. The van der Waals surface area contributed by atoms with Crippen LogP contribution in [-0.2, 0) is 17.6 Å². The average molecular weight is 325 g/mol. The normalized spacial score (nSPS) is 10.4. The number of benzene rings is 1. The molecule has 0 aliphatic carbocycles. The third-order valence-corrected chi connectivity index (χ3v) is 4.01. The van der Waals surface area contributed by atoms with E-state index in [0.29, 0.717) is 27.8 Å². The number of hydrogen-bond donors (Lipinski definition) is 2. The average Bonchev–Trinajstić information content (AvgIpc) is 2.81. The third kappa shape index (κ3) is 4.03. The van der Waals surface area contributed by atoms with Crippen LogP contribution < -0.4 is 5.32 Å². The minimum Gasteiger partial charge on any atom is -0.477 e. The molecule has 110 valence electrons. The highest BCUT2D eigenvalue weighted by atomic mass is 35.5. The van der Waals surface area contributed by atoms with Gasteiger partial charge in [0.2, 0.25) is 5.91 Å². The number of amides is 1. The lowest BCUT2D eigenvalue weighted by Gasteiger charge is -2.03. The van der Waals surface area contributed by atoms with Gasteiger partial charge in [-0.2, -0.15) is 0 Å². The summed E-state index contributed by atoms with van der Waals surface area (Å²) in [4.78, 5) is 27.4. The van der Waals surface area contributed by atoms with Gasteiger partial charge in [0.1, 0.15) is 9.88 Å². The Kier molecular flexibility index (Phi) is 4.93. The van der Waals surface area contributed by atoms with Crippen LogP contribution in [0.15, 0.2) is 24.3 Å². The monoisotopic (exact) mass is 324 g/mol. The van der Waals surface area contributed by atoms with Crippen LogP contribution in [0.1, 0.15) is 27.3 Å². The van der Waals surface area contributed by atoms with Crippen LogP contribution in [0.25, 0.3) is 0 Å². The number of anilines is 1. The van der Waals surface area contributed by atoms with E-state index in [1.807, 2.05) is 6.92 Å². The molecule has 2 N–H and O–H groups in total. The van der Waals surface area contributed by atoms with E-state index < -0.39 is 5.97 Å². The van der Waals surface area contributed by atoms with Gasteiger partial charge in [0.15, 0.2) is 0 Å². The highest BCUT2D eigenvalue weighted by molar-refractivity contribution is 7.13. The van der Waals surface area contributed by atoms with Gasteiger partial charge >= 0.3 is 5.97 Å². The van der Waals surface area contributed by atoms with Crippen molar-refractivity contribution >= 4 is 40.5 Å². The van der Waals surface area contributed by atoms with Crippen molar-refractivity contribution in [1.29, 1.82) is 0 Å². The van der Waals surface area contributed by atoms with Crippen LogP contribution in [-0.4, -0.2) is 22.0 Å². The fraction of sp³-hybridized carbons (Fsp3) is 0.214. The second-order valence-corrected chi connectivity index (χ2v) is 5.80. The molecule has 0 aliphatic rings. The fourth-order valence-corrected chi connectivity index (χ4v) is 2.97. The van der Waals surface area contributed by atoms with E-state index in [9.17, 15) is 9.59 Å². The molecule has 0 radical (unpaired) electrons. The third-order valence-electron chi connectivity index (χ3n) is 2.69. The highest BCUT2D eigenvalue weighted by Crippen LogP contribution is 2.21. The summed E-state index contributed by atoms with van der Waals surface area (Å²) in [5.74, 6) is -1.27. The maximum absolute atomic E-state index is 11.9. The fourth-order valence-electron chi connectivity index (χ4n) is 1.79. The minimum atomic E-state index is -1.01. The van der Waals surface area contributed by atoms with Gasteiger partial charge < -0.3 is 10.4 Å². The zero-order chi connectivity index (χ0) is 15.4. The Morgan fingerprint density at radius 3 is 2.76 bits per heavy atom. The molecule has 0 aliphatic heterocycles. The molecule has 2 rings (SSSR count). The summed E-state index contributed by atoms with van der Waals surface area (Å²) in [5.41, 5.74) is 1.11. The van der Waals surface area contributed by atoms with E-state index in [1.165, 1.54) is 0 Å². The maximum atomic E-state index is 11.9. The van der Waals surface area contributed by atoms with Crippen molar-refractivity contribution in [3.8, 4) is 0 Å². The summed E-state index contributed by atoms with van der Waals surface area (Å²) in [6, 6.07) is 6.82. The molecule has 0 unspecified atom stereocenters. The SMILES string of the molecule is CCc1nc(CC(=O)Nc2cccc(Cl)c2)sc1C(=O)O. The second kappa shape index (κ2) is 6.69. The quantitative estimate of drug-likeness (QED) is 0.885. The summed E-state index contributed by atoms with van der Waals surface area (Å²) in [5, 5.41) is 12.8. The van der Waals surface area contributed by atoms with Crippen molar-refractivity contribution in [2.24, 2.45) is 0 Å². The van der Waals surface area contributed by atoms with Crippen LogP contribution in [0.4, 0.5) is 5.69 Å². The molecule has 0 bridgehead atoms. The van der Waals surface area contributed by atoms with Crippen molar-refractivity contribution in [1.82, 2.24) is 4.98 Å². The number of hydrogen-bond acceptors (Lipinski definition) is 4. The molecule has 21 heavy (non-hydrogen) atoms. The Labute approximate surface area is 130 Å². The number of aromatic nitrogens is 1. The van der Waals surface area contributed by atoms with Crippen LogP contribution in [0, 0.1) is 0 Å². The summed E-state index contributed by atoms with van der Waals surface area (Å²) in [6.07, 6.45) is 0.561. The van der Waals surface area contributed by atoms with Gasteiger partial charge in [-0.25, -0.2) is 9.78 Å². The van der Waals surface area contributed by atoms with Gasteiger partial charge in [-0.15, -0.1) is 11.3 Å². The molecule has 1 aromatic carbocycles. The number of thiazole rings is 1. The zero-order valence-electron chi connectivity index (χ0n) is 11.2. The molecule has 0 saturated heterocycles. The van der Waals surface area contributed by atoms with Gasteiger partial charge in [0.05, 0.1) is 12.1 Å². The molecule has 0 atom stereocenters. The van der Waals surface area contributed by atoms with Gasteiger partial charge in [0.25, 0.3) is 0 Å². The Hall–Kier alpha value is -1.92. The molecule has 7 heteroatoms. The number of nitrogens with one attached hydrogen (secondary N) is 1. The predicted molar refractivity (Wildman–Crippen MR) is 82.2 cm³/mol. The predicted octanol–water partition coefficient (Wildman–Crippen LogP) is 3.24. The first-order valence-corrected chi connectivity index (χ1v) is 7.46. The molecule has 5 nitrogen and oxygen atoms in total. The van der Waals surface area contributed by atoms with Crippen molar-refractivity contribution in [3.63, 3.8) is 0 Å². The standard InChI is InChI=1S/C14H13ClN2O3S/c1-2-10-13(14(19)20)21-12(17-10)7-11(18)16-9-5-3-4-8(15)6-9/h3-6H,2,7H2,1H3,(H,16,18)(H,19,20). The lowest BCUT2D eigenvalue weighted by molar-refractivity contribution is -0.115. The van der Waals surface area contributed by atoms with E-state index in [1.54, 1.807) is 24.3 Å².